The van der Waals surface area contributed by atoms with Crippen molar-refractivity contribution in [1.82, 2.24) is 0 Å². The zero-order chi connectivity index (χ0) is 12.1. The van der Waals surface area contributed by atoms with Crippen molar-refractivity contribution in [3.63, 3.8) is 0 Å². The Hall–Kier alpha value is -0.600. The van der Waals surface area contributed by atoms with Crippen LogP contribution >= 0.6 is 11.6 Å². The summed E-state index contributed by atoms with van der Waals surface area (Å²) in [5.41, 5.74) is 0.689. The van der Waals surface area contributed by atoms with Crippen LogP contribution in [0.15, 0.2) is 18.2 Å². The molecule has 0 aromatic heterocycles. The Balaban J connectivity index is 2.65. The van der Waals surface area contributed by atoms with E-state index in [9.17, 15) is 9.50 Å². The van der Waals surface area contributed by atoms with Gasteiger partial charge in [0.25, 0.3) is 0 Å². The summed E-state index contributed by atoms with van der Waals surface area (Å²) in [4.78, 5) is 0. The molecule has 1 aromatic carbocycles. The van der Waals surface area contributed by atoms with Gasteiger partial charge in [-0.05, 0) is 30.0 Å². The molecule has 0 aliphatic carbocycles. The van der Waals surface area contributed by atoms with Crippen LogP contribution in [0, 0.1) is 11.7 Å². The van der Waals surface area contributed by atoms with Crippen LogP contribution in [-0.4, -0.2) is 5.11 Å². The predicted molar refractivity (Wildman–Crippen MR) is 65.1 cm³/mol. The molecule has 2 unspecified atom stereocenters. The Labute approximate surface area is 101 Å². The number of hydrogen-bond donors (Lipinski definition) is 1. The van der Waals surface area contributed by atoms with Crippen LogP contribution in [0.4, 0.5) is 4.39 Å². The highest BCUT2D eigenvalue weighted by atomic mass is 35.5. The summed E-state index contributed by atoms with van der Waals surface area (Å²) >= 11 is 5.67. The predicted octanol–water partition coefficient (Wildman–Crippen LogP) is 4.34. The molecule has 2 atom stereocenters. The average molecular weight is 245 g/mol. The smallest absolute Gasteiger partial charge is 0.141 e. The van der Waals surface area contributed by atoms with Crippen molar-refractivity contribution in [3.05, 3.63) is 34.6 Å². The summed E-state index contributed by atoms with van der Waals surface area (Å²) in [7, 11) is 0. The van der Waals surface area contributed by atoms with E-state index in [1.807, 2.05) is 0 Å². The summed E-state index contributed by atoms with van der Waals surface area (Å²) in [6.45, 7) is 4.23. The number of aliphatic hydroxyl groups excluding tert-OH is 1. The SMILES string of the molecule is CCCC(C)CC(O)c1ccc(F)c(Cl)c1. The van der Waals surface area contributed by atoms with Crippen LogP contribution < -0.4 is 0 Å². The van der Waals surface area contributed by atoms with E-state index in [2.05, 4.69) is 13.8 Å². The van der Waals surface area contributed by atoms with E-state index in [0.29, 0.717) is 17.9 Å². The highest BCUT2D eigenvalue weighted by Gasteiger charge is 2.13. The van der Waals surface area contributed by atoms with E-state index in [1.54, 1.807) is 6.07 Å². The molecule has 0 heterocycles. The van der Waals surface area contributed by atoms with Gasteiger partial charge in [0, 0.05) is 0 Å². The first-order valence-corrected chi connectivity index (χ1v) is 6.05. The molecule has 1 aromatic rings. The van der Waals surface area contributed by atoms with E-state index >= 15 is 0 Å². The molecular weight excluding hydrogens is 227 g/mol. The van der Waals surface area contributed by atoms with Gasteiger partial charge >= 0.3 is 0 Å². The summed E-state index contributed by atoms with van der Waals surface area (Å²) in [5, 5.41) is 10.0. The van der Waals surface area contributed by atoms with E-state index < -0.39 is 11.9 Å². The van der Waals surface area contributed by atoms with Crippen molar-refractivity contribution in [1.29, 1.82) is 0 Å². The van der Waals surface area contributed by atoms with Gasteiger partial charge in [0.05, 0.1) is 11.1 Å². The van der Waals surface area contributed by atoms with Gasteiger partial charge in [-0.1, -0.05) is 44.4 Å². The maximum atomic E-state index is 12.9. The molecule has 0 spiro atoms. The normalized spacial score (nSPS) is 14.8. The third-order valence-electron chi connectivity index (χ3n) is 2.74. The van der Waals surface area contributed by atoms with Crippen LogP contribution in [-0.2, 0) is 0 Å². The monoisotopic (exact) mass is 244 g/mol. The number of halogens is 2. The molecule has 0 aliphatic rings. The van der Waals surface area contributed by atoms with Crippen LogP contribution in [0.5, 0.6) is 0 Å². The first-order valence-electron chi connectivity index (χ1n) is 5.67. The maximum Gasteiger partial charge on any atom is 0.141 e. The van der Waals surface area contributed by atoms with E-state index in [1.165, 1.54) is 12.1 Å². The quantitative estimate of drug-likeness (QED) is 0.817. The standard InChI is InChI=1S/C13H18ClFO/c1-3-4-9(2)7-13(16)10-5-6-12(15)11(14)8-10/h5-6,8-9,13,16H,3-4,7H2,1-2H3. The minimum absolute atomic E-state index is 0.0692. The van der Waals surface area contributed by atoms with E-state index in [0.717, 1.165) is 12.8 Å². The molecule has 3 heteroatoms. The molecular formula is C13H18ClFO. The zero-order valence-electron chi connectivity index (χ0n) is 9.71. The minimum atomic E-state index is -0.556. The molecule has 0 aliphatic heterocycles. The van der Waals surface area contributed by atoms with Crippen LogP contribution in [0.3, 0.4) is 0 Å². The maximum absolute atomic E-state index is 12.9. The number of hydrogen-bond acceptors (Lipinski definition) is 1. The first kappa shape index (κ1) is 13.5. The van der Waals surface area contributed by atoms with Crippen LogP contribution in [0.2, 0.25) is 5.02 Å². The lowest BCUT2D eigenvalue weighted by molar-refractivity contribution is 0.145. The van der Waals surface area contributed by atoms with Gasteiger partial charge in [-0.15, -0.1) is 0 Å². The highest BCUT2D eigenvalue weighted by Crippen LogP contribution is 2.26. The number of benzene rings is 1. The molecule has 0 fully saturated rings. The van der Waals surface area contributed by atoms with Gasteiger partial charge in [-0.3, -0.25) is 0 Å². The summed E-state index contributed by atoms with van der Waals surface area (Å²) in [5.74, 6) is 0.0167. The topological polar surface area (TPSA) is 20.2 Å². The largest absolute Gasteiger partial charge is 0.388 e. The fraction of sp³-hybridized carbons (Fsp3) is 0.538. The summed E-state index contributed by atoms with van der Waals surface area (Å²) < 4.78 is 12.9. The Morgan fingerprint density at radius 3 is 2.69 bits per heavy atom. The molecule has 1 rings (SSSR count). The Bertz CT molecular complexity index is 341. The summed E-state index contributed by atoms with van der Waals surface area (Å²) in [6.07, 6.45) is 2.33. The molecule has 0 radical (unpaired) electrons. The van der Waals surface area contributed by atoms with Gasteiger partial charge in [0.15, 0.2) is 0 Å². The van der Waals surface area contributed by atoms with Crippen molar-refractivity contribution >= 4 is 11.6 Å². The van der Waals surface area contributed by atoms with Gasteiger partial charge < -0.3 is 5.11 Å². The molecule has 0 saturated heterocycles. The van der Waals surface area contributed by atoms with Crippen molar-refractivity contribution < 1.29 is 9.50 Å². The second-order valence-electron chi connectivity index (χ2n) is 4.32. The van der Waals surface area contributed by atoms with Gasteiger partial charge in [-0.25, -0.2) is 4.39 Å². The molecule has 0 saturated carbocycles. The van der Waals surface area contributed by atoms with Crippen molar-refractivity contribution in [2.24, 2.45) is 5.92 Å². The lowest BCUT2D eigenvalue weighted by Gasteiger charge is -2.16. The second kappa shape index (κ2) is 6.21. The third-order valence-corrected chi connectivity index (χ3v) is 3.03. The van der Waals surface area contributed by atoms with Gasteiger partial charge in [-0.2, -0.15) is 0 Å². The molecule has 0 amide bonds. The van der Waals surface area contributed by atoms with E-state index in [-0.39, 0.29) is 5.02 Å². The number of aliphatic hydroxyl groups is 1. The molecule has 1 N–H and O–H groups in total. The molecule has 1 nitrogen and oxygen atoms in total. The second-order valence-corrected chi connectivity index (χ2v) is 4.73. The fourth-order valence-corrected chi connectivity index (χ4v) is 2.04. The van der Waals surface area contributed by atoms with Crippen molar-refractivity contribution in [3.8, 4) is 0 Å². The van der Waals surface area contributed by atoms with Crippen LogP contribution in [0.25, 0.3) is 0 Å². The van der Waals surface area contributed by atoms with Crippen LogP contribution in [0.1, 0.15) is 44.8 Å². The van der Waals surface area contributed by atoms with Gasteiger partial charge in [0.2, 0.25) is 0 Å². The third kappa shape index (κ3) is 3.76. The van der Waals surface area contributed by atoms with E-state index in [4.69, 9.17) is 11.6 Å². The molecule has 0 bridgehead atoms. The van der Waals surface area contributed by atoms with Crippen molar-refractivity contribution in [2.75, 3.05) is 0 Å². The lowest BCUT2D eigenvalue weighted by Crippen LogP contribution is -2.04. The highest BCUT2D eigenvalue weighted by molar-refractivity contribution is 6.30. The number of rotatable bonds is 5. The average Bonchev–Trinajstić information content (AvgIpc) is 2.22. The zero-order valence-corrected chi connectivity index (χ0v) is 10.5. The Kier molecular flexibility index (Phi) is 5.23. The Morgan fingerprint density at radius 1 is 1.44 bits per heavy atom. The minimum Gasteiger partial charge on any atom is -0.388 e. The fourth-order valence-electron chi connectivity index (χ4n) is 1.85. The van der Waals surface area contributed by atoms with Gasteiger partial charge in [0.1, 0.15) is 5.82 Å². The Morgan fingerprint density at radius 2 is 2.12 bits per heavy atom. The first-order chi connectivity index (χ1) is 7.54. The van der Waals surface area contributed by atoms with Crippen molar-refractivity contribution in [2.45, 2.75) is 39.2 Å². The lowest BCUT2D eigenvalue weighted by atomic mass is 9.95. The molecule has 16 heavy (non-hydrogen) atoms. The summed E-state index contributed by atoms with van der Waals surface area (Å²) in [6, 6.07) is 4.39. The molecule has 90 valence electrons.